The van der Waals surface area contributed by atoms with E-state index >= 15 is 0 Å². The third kappa shape index (κ3) is 2.85. The fraction of sp³-hybridized carbons (Fsp3) is 0.667. The molecule has 0 rings (SSSR count). The summed E-state index contributed by atoms with van der Waals surface area (Å²) < 4.78 is 8.13. The molecule has 0 amide bonds. The van der Waals surface area contributed by atoms with Crippen molar-refractivity contribution in [2.24, 2.45) is 0 Å². The lowest BCUT2D eigenvalue weighted by Crippen LogP contribution is -2.41. The van der Waals surface area contributed by atoms with Gasteiger partial charge in [-0.2, -0.15) is 0 Å². The predicted octanol–water partition coefficient (Wildman–Crippen LogP) is -1.60. The second-order valence-corrected chi connectivity index (χ2v) is 2.06. The van der Waals surface area contributed by atoms with Crippen molar-refractivity contribution in [3.63, 3.8) is 0 Å². The summed E-state index contributed by atoms with van der Waals surface area (Å²) in [6.45, 7) is 0. The second-order valence-electron chi connectivity index (χ2n) is 2.06. The van der Waals surface area contributed by atoms with Gasteiger partial charge in [0.15, 0.2) is 0 Å². The first-order valence-electron chi connectivity index (χ1n) is 3.04. The largest absolute Gasteiger partial charge is 0.469 e. The van der Waals surface area contributed by atoms with Crippen molar-refractivity contribution in [3.8, 4) is 0 Å². The van der Waals surface area contributed by atoms with E-state index in [4.69, 9.17) is 10.2 Å². The molecule has 0 spiro atoms. The van der Waals surface area contributed by atoms with Crippen LogP contribution in [0.1, 0.15) is 6.42 Å². The first-order valence-corrected chi connectivity index (χ1v) is 3.04. The van der Waals surface area contributed by atoms with E-state index in [1.807, 2.05) is 0 Å². The summed E-state index contributed by atoms with van der Waals surface area (Å²) in [5.41, 5.74) is 0. The normalized spacial score (nSPS) is 10.7. The molecule has 0 atom stereocenters. The highest BCUT2D eigenvalue weighted by Crippen LogP contribution is 2.08. The summed E-state index contributed by atoms with van der Waals surface area (Å²) in [5, 5.41) is 17.7. The van der Waals surface area contributed by atoms with Crippen LogP contribution in [-0.2, 0) is 19.1 Å². The summed E-state index contributed by atoms with van der Waals surface area (Å²) in [5.74, 6) is -5.01. The van der Waals surface area contributed by atoms with Gasteiger partial charge in [0.1, 0.15) is 6.42 Å². The number of carbonyl (C=O) groups is 2. The lowest BCUT2D eigenvalue weighted by Gasteiger charge is -2.16. The highest BCUT2D eigenvalue weighted by Gasteiger charge is 2.37. The minimum atomic E-state index is -2.80. The molecule has 0 saturated heterocycles. The Bertz CT molecular complexity index is 184. The average Bonchev–Trinajstić information content (AvgIpc) is 2.02. The van der Waals surface area contributed by atoms with Crippen LogP contribution in [0.5, 0.6) is 0 Å². The van der Waals surface area contributed by atoms with Gasteiger partial charge in [0.25, 0.3) is 5.79 Å². The molecule has 0 fully saturated rings. The zero-order valence-electron chi connectivity index (χ0n) is 6.73. The minimum absolute atomic E-state index is 0.851. The van der Waals surface area contributed by atoms with Crippen molar-refractivity contribution >= 4 is 11.9 Å². The van der Waals surface area contributed by atoms with E-state index in [0.29, 0.717) is 0 Å². The Balaban J connectivity index is 4.21. The molecular weight excluding hydrogens is 168 g/mol. The quantitative estimate of drug-likeness (QED) is 0.399. The fourth-order valence-corrected chi connectivity index (χ4v) is 0.509. The smallest absolute Gasteiger partial charge is 0.366 e. The highest BCUT2D eigenvalue weighted by molar-refractivity contribution is 5.83. The zero-order chi connectivity index (χ0) is 9.78. The second kappa shape index (κ2) is 4.03. The van der Waals surface area contributed by atoms with Gasteiger partial charge in [0.2, 0.25) is 0 Å². The van der Waals surface area contributed by atoms with Crippen LogP contribution in [0.15, 0.2) is 0 Å². The number of ether oxygens (including phenoxy) is 2. The van der Waals surface area contributed by atoms with Crippen LogP contribution >= 0.6 is 0 Å². The van der Waals surface area contributed by atoms with Gasteiger partial charge in [-0.25, -0.2) is 4.79 Å². The van der Waals surface area contributed by atoms with E-state index < -0.39 is 24.1 Å². The molecule has 0 saturated carbocycles. The van der Waals surface area contributed by atoms with Gasteiger partial charge in [-0.05, 0) is 0 Å². The Morgan fingerprint density at radius 2 is 1.75 bits per heavy atom. The number of aliphatic hydroxyl groups is 2. The van der Waals surface area contributed by atoms with Gasteiger partial charge in [0, 0.05) is 0 Å². The number of carbonyl (C=O) groups excluding carboxylic acids is 2. The SMILES string of the molecule is COC(=O)CC(O)(O)C(=O)OC. The molecule has 0 aromatic rings. The molecule has 0 heterocycles. The molecule has 0 unspecified atom stereocenters. The molecule has 0 aliphatic heterocycles. The van der Waals surface area contributed by atoms with Gasteiger partial charge in [-0.3, -0.25) is 4.79 Å². The topological polar surface area (TPSA) is 93.1 Å². The Labute approximate surface area is 68.7 Å². The number of hydrogen-bond acceptors (Lipinski definition) is 6. The van der Waals surface area contributed by atoms with Crippen LogP contribution in [0.4, 0.5) is 0 Å². The molecule has 0 radical (unpaired) electrons. The molecule has 0 aromatic carbocycles. The van der Waals surface area contributed by atoms with E-state index in [1.54, 1.807) is 0 Å². The molecule has 6 nitrogen and oxygen atoms in total. The maximum atomic E-state index is 10.6. The fourth-order valence-electron chi connectivity index (χ4n) is 0.509. The van der Waals surface area contributed by atoms with Gasteiger partial charge < -0.3 is 19.7 Å². The molecule has 12 heavy (non-hydrogen) atoms. The van der Waals surface area contributed by atoms with Crippen LogP contribution in [0.25, 0.3) is 0 Å². The number of hydrogen-bond donors (Lipinski definition) is 2. The highest BCUT2D eigenvalue weighted by atomic mass is 16.6. The van der Waals surface area contributed by atoms with Crippen LogP contribution in [-0.4, -0.2) is 42.2 Å². The van der Waals surface area contributed by atoms with E-state index in [1.165, 1.54) is 0 Å². The summed E-state index contributed by atoms with van der Waals surface area (Å²) >= 11 is 0. The maximum absolute atomic E-state index is 10.6. The average molecular weight is 178 g/mol. The third-order valence-electron chi connectivity index (χ3n) is 1.13. The van der Waals surface area contributed by atoms with E-state index in [-0.39, 0.29) is 0 Å². The van der Waals surface area contributed by atoms with Crippen LogP contribution < -0.4 is 0 Å². The predicted molar refractivity (Wildman–Crippen MR) is 35.8 cm³/mol. The maximum Gasteiger partial charge on any atom is 0.366 e. The molecular formula is C6H10O6. The van der Waals surface area contributed by atoms with Crippen molar-refractivity contribution in [3.05, 3.63) is 0 Å². The van der Waals surface area contributed by atoms with Gasteiger partial charge in [-0.1, -0.05) is 0 Å². The number of rotatable bonds is 3. The summed E-state index contributed by atoms with van der Waals surface area (Å²) in [6, 6.07) is 0. The van der Waals surface area contributed by atoms with Crippen molar-refractivity contribution in [2.75, 3.05) is 14.2 Å². The molecule has 0 bridgehead atoms. The van der Waals surface area contributed by atoms with Crippen molar-refractivity contribution in [1.82, 2.24) is 0 Å². The monoisotopic (exact) mass is 178 g/mol. The van der Waals surface area contributed by atoms with Crippen LogP contribution in [0, 0.1) is 0 Å². The molecule has 2 N–H and O–H groups in total. The number of esters is 2. The van der Waals surface area contributed by atoms with Crippen molar-refractivity contribution in [1.29, 1.82) is 0 Å². The van der Waals surface area contributed by atoms with E-state index in [0.717, 1.165) is 14.2 Å². The van der Waals surface area contributed by atoms with Gasteiger partial charge >= 0.3 is 11.9 Å². The molecule has 0 aliphatic carbocycles. The first kappa shape index (κ1) is 10.9. The van der Waals surface area contributed by atoms with Crippen molar-refractivity contribution < 1.29 is 29.3 Å². The minimum Gasteiger partial charge on any atom is -0.469 e. The number of methoxy groups -OCH3 is 2. The Hall–Kier alpha value is -1.14. The molecule has 0 aliphatic rings. The first-order chi connectivity index (χ1) is 5.44. The standard InChI is InChI=1S/C6H10O6/c1-11-4(7)3-6(9,10)5(8)12-2/h9-10H,3H2,1-2H3. The Kier molecular flexibility index (Phi) is 3.65. The van der Waals surface area contributed by atoms with Crippen LogP contribution in [0.3, 0.4) is 0 Å². The van der Waals surface area contributed by atoms with Gasteiger partial charge in [0.05, 0.1) is 14.2 Å². The third-order valence-corrected chi connectivity index (χ3v) is 1.13. The van der Waals surface area contributed by atoms with Crippen LogP contribution in [0.2, 0.25) is 0 Å². The molecule has 70 valence electrons. The van der Waals surface area contributed by atoms with Gasteiger partial charge in [-0.15, -0.1) is 0 Å². The Morgan fingerprint density at radius 1 is 1.25 bits per heavy atom. The van der Waals surface area contributed by atoms with E-state index in [2.05, 4.69) is 9.47 Å². The summed E-state index contributed by atoms with van der Waals surface area (Å²) in [4.78, 5) is 21.1. The molecule has 6 heteroatoms. The summed E-state index contributed by atoms with van der Waals surface area (Å²) in [7, 11) is 2.04. The summed E-state index contributed by atoms with van der Waals surface area (Å²) in [6.07, 6.45) is -0.851. The van der Waals surface area contributed by atoms with E-state index in [9.17, 15) is 9.59 Å². The lowest BCUT2D eigenvalue weighted by atomic mass is 10.2. The lowest BCUT2D eigenvalue weighted by molar-refractivity contribution is -0.212. The molecule has 0 aromatic heterocycles. The Morgan fingerprint density at radius 3 is 2.08 bits per heavy atom. The zero-order valence-corrected chi connectivity index (χ0v) is 6.73. The van der Waals surface area contributed by atoms with Crippen molar-refractivity contribution in [2.45, 2.75) is 12.2 Å².